The highest BCUT2D eigenvalue weighted by molar-refractivity contribution is 7.99. The molecule has 0 fully saturated rings. The lowest BCUT2D eigenvalue weighted by atomic mass is 10.0. The Labute approximate surface area is 124 Å². The number of nitrogens with two attached hydrogens (primary N) is 1. The zero-order valence-electron chi connectivity index (χ0n) is 11.9. The zero-order valence-corrected chi connectivity index (χ0v) is 12.7. The first-order valence-corrected chi connectivity index (χ1v) is 7.69. The van der Waals surface area contributed by atoms with E-state index in [1.165, 1.54) is 29.0 Å². The first-order chi connectivity index (χ1) is 9.60. The maximum atomic E-state index is 13.8. The average molecular weight is 289 g/mol. The third kappa shape index (κ3) is 3.84. The Morgan fingerprint density at radius 2 is 1.90 bits per heavy atom. The minimum atomic E-state index is -0.177. The SMILES string of the molecule is CCC(N)Cc1cc(C)ccc1Sc1ccccc1F. The van der Waals surface area contributed by atoms with E-state index in [0.29, 0.717) is 4.90 Å². The number of rotatable bonds is 5. The number of aryl methyl sites for hydroxylation is 1. The van der Waals surface area contributed by atoms with Crippen LogP contribution in [0.15, 0.2) is 52.3 Å². The molecule has 0 aromatic heterocycles. The van der Waals surface area contributed by atoms with Crippen molar-refractivity contribution in [1.82, 2.24) is 0 Å². The van der Waals surface area contributed by atoms with Gasteiger partial charge < -0.3 is 5.73 Å². The van der Waals surface area contributed by atoms with Crippen molar-refractivity contribution in [3.63, 3.8) is 0 Å². The molecule has 1 unspecified atom stereocenters. The first kappa shape index (κ1) is 15.1. The third-order valence-corrected chi connectivity index (χ3v) is 4.45. The summed E-state index contributed by atoms with van der Waals surface area (Å²) in [6.45, 7) is 4.16. The lowest BCUT2D eigenvalue weighted by molar-refractivity contribution is 0.602. The number of benzene rings is 2. The summed E-state index contributed by atoms with van der Waals surface area (Å²) in [4.78, 5) is 1.74. The molecule has 0 aliphatic heterocycles. The molecule has 0 saturated carbocycles. The monoisotopic (exact) mass is 289 g/mol. The van der Waals surface area contributed by atoms with Crippen LogP contribution in [0, 0.1) is 12.7 Å². The van der Waals surface area contributed by atoms with E-state index in [2.05, 4.69) is 32.0 Å². The van der Waals surface area contributed by atoms with Crippen LogP contribution in [0.5, 0.6) is 0 Å². The minimum Gasteiger partial charge on any atom is -0.327 e. The van der Waals surface area contributed by atoms with Gasteiger partial charge in [0.2, 0.25) is 0 Å². The summed E-state index contributed by atoms with van der Waals surface area (Å²) < 4.78 is 13.8. The van der Waals surface area contributed by atoms with E-state index in [1.54, 1.807) is 6.07 Å². The molecule has 20 heavy (non-hydrogen) atoms. The summed E-state index contributed by atoms with van der Waals surface area (Å²) in [5, 5.41) is 0. The summed E-state index contributed by atoms with van der Waals surface area (Å²) in [5.41, 5.74) is 8.47. The molecule has 0 radical (unpaired) electrons. The molecule has 1 atom stereocenters. The molecule has 0 heterocycles. The Bertz CT molecular complexity index is 583. The van der Waals surface area contributed by atoms with E-state index < -0.39 is 0 Å². The molecule has 2 aromatic rings. The molecule has 2 rings (SSSR count). The van der Waals surface area contributed by atoms with Crippen molar-refractivity contribution in [1.29, 1.82) is 0 Å². The second kappa shape index (κ2) is 6.91. The lowest BCUT2D eigenvalue weighted by Gasteiger charge is -2.14. The van der Waals surface area contributed by atoms with Crippen LogP contribution >= 0.6 is 11.8 Å². The zero-order chi connectivity index (χ0) is 14.5. The van der Waals surface area contributed by atoms with Crippen molar-refractivity contribution >= 4 is 11.8 Å². The fourth-order valence-electron chi connectivity index (χ4n) is 2.04. The van der Waals surface area contributed by atoms with Crippen LogP contribution in [-0.2, 0) is 6.42 Å². The smallest absolute Gasteiger partial charge is 0.137 e. The van der Waals surface area contributed by atoms with Crippen molar-refractivity contribution in [2.45, 2.75) is 42.5 Å². The fraction of sp³-hybridized carbons (Fsp3) is 0.294. The van der Waals surface area contributed by atoms with Gasteiger partial charge in [-0.3, -0.25) is 0 Å². The van der Waals surface area contributed by atoms with Gasteiger partial charge in [0, 0.05) is 15.8 Å². The molecule has 0 bridgehead atoms. The number of halogens is 1. The van der Waals surface area contributed by atoms with Crippen molar-refractivity contribution in [3.8, 4) is 0 Å². The van der Waals surface area contributed by atoms with E-state index in [9.17, 15) is 4.39 Å². The fourth-order valence-corrected chi connectivity index (χ4v) is 3.00. The Morgan fingerprint density at radius 3 is 2.60 bits per heavy atom. The standard InChI is InChI=1S/C17H20FNS/c1-3-14(19)11-13-10-12(2)8-9-16(13)20-17-7-5-4-6-15(17)18/h4-10,14H,3,11,19H2,1-2H3. The molecule has 3 heteroatoms. The topological polar surface area (TPSA) is 26.0 Å². The maximum Gasteiger partial charge on any atom is 0.137 e. The molecule has 0 aliphatic carbocycles. The highest BCUT2D eigenvalue weighted by Gasteiger charge is 2.10. The number of hydrogen-bond acceptors (Lipinski definition) is 2. The van der Waals surface area contributed by atoms with Gasteiger partial charge in [-0.15, -0.1) is 0 Å². The molecule has 2 aromatic carbocycles. The van der Waals surface area contributed by atoms with Crippen LogP contribution in [-0.4, -0.2) is 6.04 Å². The summed E-state index contributed by atoms with van der Waals surface area (Å²) in [5.74, 6) is -0.177. The van der Waals surface area contributed by atoms with Gasteiger partial charge in [-0.25, -0.2) is 4.39 Å². The summed E-state index contributed by atoms with van der Waals surface area (Å²) in [7, 11) is 0. The molecular weight excluding hydrogens is 269 g/mol. The van der Waals surface area contributed by atoms with Gasteiger partial charge in [0.25, 0.3) is 0 Å². The van der Waals surface area contributed by atoms with Crippen molar-refractivity contribution in [3.05, 3.63) is 59.4 Å². The molecule has 106 valence electrons. The van der Waals surface area contributed by atoms with Crippen LogP contribution in [0.3, 0.4) is 0 Å². The van der Waals surface area contributed by atoms with Crippen molar-refractivity contribution in [2.75, 3.05) is 0 Å². The van der Waals surface area contributed by atoms with Crippen LogP contribution in [0.4, 0.5) is 4.39 Å². The molecule has 0 amide bonds. The predicted octanol–water partition coefficient (Wildman–Crippen LogP) is 4.57. The maximum absolute atomic E-state index is 13.8. The van der Waals surface area contributed by atoms with Crippen molar-refractivity contribution in [2.24, 2.45) is 5.73 Å². The largest absolute Gasteiger partial charge is 0.327 e. The molecule has 2 N–H and O–H groups in total. The molecule has 0 spiro atoms. The quantitative estimate of drug-likeness (QED) is 0.873. The van der Waals surface area contributed by atoms with Crippen LogP contribution in [0.25, 0.3) is 0 Å². The second-order valence-electron chi connectivity index (χ2n) is 5.02. The molecule has 1 nitrogen and oxygen atoms in total. The van der Waals surface area contributed by atoms with Gasteiger partial charge in [0.1, 0.15) is 5.82 Å². The number of hydrogen-bond donors (Lipinski definition) is 1. The highest BCUT2D eigenvalue weighted by Crippen LogP contribution is 2.33. The van der Waals surface area contributed by atoms with Crippen LogP contribution in [0.2, 0.25) is 0 Å². The molecule has 0 aliphatic rings. The Hall–Kier alpha value is -1.32. The minimum absolute atomic E-state index is 0.150. The van der Waals surface area contributed by atoms with Gasteiger partial charge in [0.15, 0.2) is 0 Å². The summed E-state index contributed by atoms with van der Waals surface area (Å²) in [6, 6.07) is 13.3. The van der Waals surface area contributed by atoms with Crippen molar-refractivity contribution < 1.29 is 4.39 Å². The Morgan fingerprint density at radius 1 is 1.15 bits per heavy atom. The van der Waals surface area contributed by atoms with Crippen LogP contribution < -0.4 is 5.73 Å². The average Bonchev–Trinajstić information content (AvgIpc) is 2.44. The van der Waals surface area contributed by atoms with Gasteiger partial charge >= 0.3 is 0 Å². The van der Waals surface area contributed by atoms with E-state index in [1.807, 2.05) is 12.1 Å². The van der Waals surface area contributed by atoms with Crippen LogP contribution in [0.1, 0.15) is 24.5 Å². The van der Waals surface area contributed by atoms with E-state index in [-0.39, 0.29) is 11.9 Å². The highest BCUT2D eigenvalue weighted by atomic mass is 32.2. The molecule has 0 saturated heterocycles. The predicted molar refractivity (Wildman–Crippen MR) is 83.7 cm³/mol. The van der Waals surface area contributed by atoms with Gasteiger partial charge in [-0.05, 0) is 43.5 Å². The van der Waals surface area contributed by atoms with Gasteiger partial charge in [-0.1, -0.05) is 48.5 Å². The normalized spacial score (nSPS) is 12.4. The van der Waals surface area contributed by atoms with E-state index in [4.69, 9.17) is 5.73 Å². The lowest BCUT2D eigenvalue weighted by Crippen LogP contribution is -2.21. The van der Waals surface area contributed by atoms with E-state index in [0.717, 1.165) is 17.7 Å². The second-order valence-corrected chi connectivity index (χ2v) is 6.10. The van der Waals surface area contributed by atoms with Gasteiger partial charge in [0.05, 0.1) is 0 Å². The Kier molecular flexibility index (Phi) is 5.21. The third-order valence-electron chi connectivity index (χ3n) is 3.28. The summed E-state index contributed by atoms with van der Waals surface area (Å²) in [6.07, 6.45) is 1.77. The summed E-state index contributed by atoms with van der Waals surface area (Å²) >= 11 is 1.47. The molecular formula is C17H20FNS. The first-order valence-electron chi connectivity index (χ1n) is 6.87. The van der Waals surface area contributed by atoms with Gasteiger partial charge in [-0.2, -0.15) is 0 Å². The van der Waals surface area contributed by atoms with E-state index >= 15 is 0 Å². The Balaban J connectivity index is 2.29.